The molecule has 3 rings (SSSR count). The maximum atomic E-state index is 12.8. The number of alkyl halides is 3. The van der Waals surface area contributed by atoms with E-state index in [0.717, 1.165) is 18.9 Å². The van der Waals surface area contributed by atoms with Crippen LogP contribution in [-0.2, 0) is 6.18 Å². The van der Waals surface area contributed by atoms with Crippen LogP contribution >= 0.6 is 11.8 Å². The van der Waals surface area contributed by atoms with Gasteiger partial charge in [-0.25, -0.2) is 0 Å². The van der Waals surface area contributed by atoms with Gasteiger partial charge in [0.1, 0.15) is 5.69 Å². The molecule has 1 aromatic heterocycles. The number of aromatic nitrogens is 1. The Morgan fingerprint density at radius 3 is 2.57 bits per heavy atom. The molecule has 1 aliphatic carbocycles. The van der Waals surface area contributed by atoms with Gasteiger partial charge in [-0.1, -0.05) is 11.8 Å². The zero-order chi connectivity index (χ0) is 16.6. The molecular weight excluding hydrogens is 325 g/mol. The number of aliphatic imine (C=N–C) groups is 1. The molecule has 1 saturated carbocycles. The van der Waals surface area contributed by atoms with Crippen molar-refractivity contribution in [2.24, 2.45) is 22.6 Å². The number of nitrogens with two attached hydrogens (primary N) is 1. The standard InChI is InChI=1S/C15H19F3N4S/c1-23-14(19)21-13-9-2-3-10(13)8-22(7-9)11-4-5-20-12(6-11)15(16,17)18/h4-6,9-10,13H,2-3,7-8H2,1H3,(H2,19,21)/t9-,10?,13?/m0/s1. The molecule has 1 saturated heterocycles. The summed E-state index contributed by atoms with van der Waals surface area (Å²) in [7, 11) is 0. The number of hydrogen-bond acceptors (Lipinski definition) is 4. The summed E-state index contributed by atoms with van der Waals surface area (Å²) in [6.45, 7) is 1.43. The lowest BCUT2D eigenvalue weighted by Gasteiger charge is -2.37. The van der Waals surface area contributed by atoms with Crippen LogP contribution in [0, 0.1) is 11.8 Å². The highest BCUT2D eigenvalue weighted by Gasteiger charge is 2.42. The van der Waals surface area contributed by atoms with Crippen molar-refractivity contribution < 1.29 is 13.2 Å². The first-order chi connectivity index (χ1) is 10.9. The number of nitrogens with zero attached hydrogens (tertiary/aromatic N) is 3. The monoisotopic (exact) mass is 344 g/mol. The first-order valence-electron chi connectivity index (χ1n) is 7.54. The maximum Gasteiger partial charge on any atom is 0.433 e. The summed E-state index contributed by atoms with van der Waals surface area (Å²) in [5.74, 6) is 0.698. The third kappa shape index (κ3) is 3.41. The van der Waals surface area contributed by atoms with Crippen LogP contribution in [0.5, 0.6) is 0 Å². The van der Waals surface area contributed by atoms with Crippen molar-refractivity contribution in [2.45, 2.75) is 25.1 Å². The van der Waals surface area contributed by atoms with Crippen molar-refractivity contribution in [2.75, 3.05) is 24.2 Å². The van der Waals surface area contributed by atoms with Gasteiger partial charge in [-0.05, 0) is 43.1 Å². The fraction of sp³-hybridized carbons (Fsp3) is 0.600. The fourth-order valence-corrected chi connectivity index (χ4v) is 3.81. The Morgan fingerprint density at radius 2 is 2.00 bits per heavy atom. The Hall–Kier alpha value is -1.44. The van der Waals surface area contributed by atoms with E-state index in [1.165, 1.54) is 18.0 Å². The SMILES string of the molecule is CSC(N)=NC1C2CC[C@H]1CN(c1ccnc(C(F)(F)F)c1)C2. The normalized spacial score (nSPS) is 28.3. The van der Waals surface area contributed by atoms with Crippen molar-refractivity contribution in [1.29, 1.82) is 0 Å². The molecule has 0 amide bonds. The molecule has 126 valence electrons. The summed E-state index contributed by atoms with van der Waals surface area (Å²) in [5, 5.41) is 0.587. The van der Waals surface area contributed by atoms with Crippen LogP contribution in [0.2, 0.25) is 0 Å². The van der Waals surface area contributed by atoms with Crippen LogP contribution in [0.15, 0.2) is 23.3 Å². The molecule has 2 N–H and O–H groups in total. The van der Waals surface area contributed by atoms with E-state index in [-0.39, 0.29) is 6.04 Å². The number of pyridine rings is 1. The number of rotatable bonds is 2. The summed E-state index contributed by atoms with van der Waals surface area (Å²) in [6.07, 6.45) is 0.814. The van der Waals surface area contributed by atoms with Crippen molar-refractivity contribution in [1.82, 2.24) is 4.98 Å². The fourth-order valence-electron chi connectivity index (χ4n) is 3.59. The Labute approximate surface area is 137 Å². The van der Waals surface area contributed by atoms with Crippen LogP contribution in [-0.4, -0.2) is 35.5 Å². The van der Waals surface area contributed by atoms with Gasteiger partial charge in [0.15, 0.2) is 5.17 Å². The number of anilines is 1. The second-order valence-electron chi connectivity index (χ2n) is 6.06. The number of thioether (sulfide) groups is 1. The Kier molecular flexibility index (Phi) is 4.44. The van der Waals surface area contributed by atoms with Crippen molar-refractivity contribution in [3.05, 3.63) is 24.0 Å². The van der Waals surface area contributed by atoms with Crippen LogP contribution in [0.3, 0.4) is 0 Å². The van der Waals surface area contributed by atoms with Gasteiger partial charge < -0.3 is 10.6 Å². The minimum atomic E-state index is -4.41. The molecule has 0 radical (unpaired) electrons. The minimum Gasteiger partial charge on any atom is -0.379 e. The van der Waals surface area contributed by atoms with Gasteiger partial charge in [-0.3, -0.25) is 9.98 Å². The van der Waals surface area contributed by atoms with Crippen LogP contribution < -0.4 is 10.6 Å². The largest absolute Gasteiger partial charge is 0.433 e. The molecule has 0 spiro atoms. The van der Waals surface area contributed by atoms with Crippen LogP contribution in [0.4, 0.5) is 18.9 Å². The average molecular weight is 344 g/mol. The number of fused-ring (bicyclic) bond motifs is 2. The first kappa shape index (κ1) is 16.4. The van der Waals surface area contributed by atoms with E-state index >= 15 is 0 Å². The molecule has 2 fully saturated rings. The molecule has 1 aliphatic heterocycles. The van der Waals surface area contributed by atoms with Gasteiger partial charge in [-0.2, -0.15) is 13.2 Å². The van der Waals surface area contributed by atoms with Crippen molar-refractivity contribution in [3.63, 3.8) is 0 Å². The molecule has 1 aromatic rings. The van der Waals surface area contributed by atoms with E-state index in [1.807, 2.05) is 11.2 Å². The quantitative estimate of drug-likeness (QED) is 0.662. The smallest absolute Gasteiger partial charge is 0.379 e. The highest BCUT2D eigenvalue weighted by atomic mass is 32.2. The van der Waals surface area contributed by atoms with Gasteiger partial charge in [0.05, 0.1) is 6.04 Å². The summed E-state index contributed by atoms with van der Waals surface area (Å²) in [5.41, 5.74) is 5.58. The van der Waals surface area contributed by atoms with E-state index in [2.05, 4.69) is 9.98 Å². The Morgan fingerprint density at radius 1 is 1.35 bits per heavy atom. The van der Waals surface area contributed by atoms with E-state index in [1.54, 1.807) is 6.07 Å². The second kappa shape index (κ2) is 6.22. The lowest BCUT2D eigenvalue weighted by atomic mass is 9.92. The van der Waals surface area contributed by atoms with Gasteiger partial charge >= 0.3 is 6.18 Å². The Bertz CT molecular complexity index is 591. The summed E-state index contributed by atoms with van der Waals surface area (Å²) < 4.78 is 38.5. The third-order valence-electron chi connectivity index (χ3n) is 4.67. The predicted octanol–water partition coefficient (Wildman–Crippen LogP) is 2.99. The molecule has 3 atom stereocenters. The molecule has 2 unspecified atom stereocenters. The molecule has 8 heteroatoms. The van der Waals surface area contributed by atoms with Crippen molar-refractivity contribution in [3.8, 4) is 0 Å². The predicted molar refractivity (Wildman–Crippen MR) is 86.6 cm³/mol. The van der Waals surface area contributed by atoms with Gasteiger partial charge in [0.25, 0.3) is 0 Å². The first-order valence-corrected chi connectivity index (χ1v) is 8.76. The molecule has 23 heavy (non-hydrogen) atoms. The van der Waals surface area contributed by atoms with Crippen LogP contribution in [0.1, 0.15) is 18.5 Å². The zero-order valence-corrected chi connectivity index (χ0v) is 13.6. The molecule has 2 aliphatic rings. The lowest BCUT2D eigenvalue weighted by Crippen LogP contribution is -2.44. The lowest BCUT2D eigenvalue weighted by molar-refractivity contribution is -0.141. The number of amidine groups is 1. The van der Waals surface area contributed by atoms with Gasteiger partial charge in [0.2, 0.25) is 0 Å². The topological polar surface area (TPSA) is 54.5 Å². The minimum absolute atomic E-state index is 0.197. The number of halogens is 3. The zero-order valence-electron chi connectivity index (χ0n) is 12.8. The summed E-state index contributed by atoms with van der Waals surface area (Å²) in [6, 6.07) is 2.98. The summed E-state index contributed by atoms with van der Waals surface area (Å²) in [4.78, 5) is 10.1. The van der Waals surface area contributed by atoms with E-state index in [0.29, 0.717) is 35.8 Å². The van der Waals surface area contributed by atoms with E-state index in [9.17, 15) is 13.2 Å². The summed E-state index contributed by atoms with van der Waals surface area (Å²) >= 11 is 1.43. The molecule has 0 aromatic carbocycles. The molecule has 2 heterocycles. The van der Waals surface area contributed by atoms with Crippen molar-refractivity contribution >= 4 is 22.6 Å². The third-order valence-corrected chi connectivity index (χ3v) is 5.19. The highest BCUT2D eigenvalue weighted by Crippen LogP contribution is 2.41. The molecule has 4 nitrogen and oxygen atoms in total. The maximum absolute atomic E-state index is 12.8. The number of piperidine rings is 1. The van der Waals surface area contributed by atoms with Gasteiger partial charge in [-0.15, -0.1) is 0 Å². The van der Waals surface area contributed by atoms with Gasteiger partial charge in [0, 0.05) is 25.0 Å². The molecule has 2 bridgehead atoms. The molecular formula is C15H19F3N4S. The Balaban J connectivity index is 1.78. The second-order valence-corrected chi connectivity index (χ2v) is 6.89. The van der Waals surface area contributed by atoms with Crippen LogP contribution in [0.25, 0.3) is 0 Å². The van der Waals surface area contributed by atoms with E-state index < -0.39 is 11.9 Å². The average Bonchev–Trinajstić information content (AvgIpc) is 2.75. The van der Waals surface area contributed by atoms with E-state index in [4.69, 9.17) is 5.73 Å². The number of hydrogen-bond donors (Lipinski definition) is 1. The highest BCUT2D eigenvalue weighted by molar-refractivity contribution is 8.13.